The Hall–Kier alpha value is -1.97. The summed E-state index contributed by atoms with van der Waals surface area (Å²) >= 11 is 10.1. The number of hydrogen-bond acceptors (Lipinski definition) is 5. The number of nitrogens with two attached hydrogens (primary N) is 1. The minimum absolute atomic E-state index is 0.121. The predicted molar refractivity (Wildman–Crippen MR) is 118 cm³/mol. The number of halogens is 1. The summed E-state index contributed by atoms with van der Waals surface area (Å²) < 4.78 is 5.83. The second-order valence-corrected chi connectivity index (χ2v) is 8.76. The van der Waals surface area contributed by atoms with Gasteiger partial charge >= 0.3 is 0 Å². The number of methoxy groups -OCH3 is 1. The lowest BCUT2D eigenvalue weighted by Crippen LogP contribution is -2.34. The Balaban J connectivity index is 1.75. The summed E-state index contributed by atoms with van der Waals surface area (Å²) in [6, 6.07) is 4.99. The van der Waals surface area contributed by atoms with Crippen molar-refractivity contribution in [3.8, 4) is 5.75 Å². The molecular formula is C19H20BrN3O3S2. The summed E-state index contributed by atoms with van der Waals surface area (Å²) in [7, 11) is 1.55. The van der Waals surface area contributed by atoms with Crippen molar-refractivity contribution >= 4 is 61.4 Å². The maximum Gasteiger partial charge on any atom is 0.257 e. The van der Waals surface area contributed by atoms with Crippen molar-refractivity contribution in [2.24, 2.45) is 5.73 Å². The van der Waals surface area contributed by atoms with E-state index in [2.05, 4.69) is 26.6 Å². The molecule has 0 radical (unpaired) electrons. The number of rotatable bonds is 4. The molecule has 0 saturated carbocycles. The van der Waals surface area contributed by atoms with Gasteiger partial charge in [-0.3, -0.25) is 14.9 Å². The lowest BCUT2D eigenvalue weighted by atomic mass is 10.1. The van der Waals surface area contributed by atoms with E-state index < -0.39 is 5.91 Å². The van der Waals surface area contributed by atoms with E-state index in [4.69, 9.17) is 22.7 Å². The summed E-state index contributed by atoms with van der Waals surface area (Å²) in [6.07, 6.45) is 5.05. The van der Waals surface area contributed by atoms with Crippen LogP contribution in [0.4, 0.5) is 5.00 Å². The van der Waals surface area contributed by atoms with Crippen LogP contribution in [0.15, 0.2) is 22.7 Å². The van der Waals surface area contributed by atoms with Gasteiger partial charge < -0.3 is 15.8 Å². The molecule has 28 heavy (non-hydrogen) atoms. The second kappa shape index (κ2) is 9.02. The van der Waals surface area contributed by atoms with Gasteiger partial charge in [-0.2, -0.15) is 0 Å². The molecule has 3 rings (SSSR count). The highest BCUT2D eigenvalue weighted by Gasteiger charge is 2.24. The largest absolute Gasteiger partial charge is 0.496 e. The molecular weight excluding hydrogens is 462 g/mol. The summed E-state index contributed by atoms with van der Waals surface area (Å²) in [5, 5.41) is 6.35. The molecule has 1 heterocycles. The molecule has 0 spiro atoms. The highest BCUT2D eigenvalue weighted by molar-refractivity contribution is 9.10. The SMILES string of the molecule is COc1ccc(C(=O)NC(=S)Nc2sc3c(c2C(N)=O)CCCCC3)cc1Br. The predicted octanol–water partition coefficient (Wildman–Crippen LogP) is 4.01. The Morgan fingerprint density at radius 1 is 1.25 bits per heavy atom. The van der Waals surface area contributed by atoms with E-state index in [1.54, 1.807) is 25.3 Å². The zero-order valence-electron chi connectivity index (χ0n) is 15.3. The van der Waals surface area contributed by atoms with Crippen LogP contribution in [0.25, 0.3) is 0 Å². The summed E-state index contributed by atoms with van der Waals surface area (Å²) in [5.41, 5.74) is 7.56. The van der Waals surface area contributed by atoms with E-state index in [-0.39, 0.29) is 11.0 Å². The van der Waals surface area contributed by atoms with Gasteiger partial charge in [0.05, 0.1) is 17.1 Å². The number of carbonyl (C=O) groups is 2. The molecule has 1 aromatic carbocycles. The lowest BCUT2D eigenvalue weighted by molar-refractivity contribution is 0.0975. The number of fused-ring (bicyclic) bond motifs is 1. The monoisotopic (exact) mass is 481 g/mol. The maximum absolute atomic E-state index is 12.5. The number of ether oxygens (including phenoxy) is 1. The van der Waals surface area contributed by atoms with Crippen molar-refractivity contribution in [1.82, 2.24) is 5.32 Å². The molecule has 0 aliphatic heterocycles. The number of benzene rings is 1. The fraction of sp³-hybridized carbons (Fsp3) is 0.316. The molecule has 1 aliphatic rings. The lowest BCUT2D eigenvalue weighted by Gasteiger charge is -2.11. The molecule has 0 unspecified atom stereocenters. The van der Waals surface area contributed by atoms with E-state index in [0.29, 0.717) is 26.4 Å². The van der Waals surface area contributed by atoms with E-state index in [1.807, 2.05) is 0 Å². The van der Waals surface area contributed by atoms with Gasteiger partial charge in [0.1, 0.15) is 10.8 Å². The quantitative estimate of drug-likeness (QED) is 0.452. The van der Waals surface area contributed by atoms with Crippen LogP contribution in [0.5, 0.6) is 5.75 Å². The zero-order valence-corrected chi connectivity index (χ0v) is 18.5. The Bertz CT molecular complexity index is 943. The van der Waals surface area contributed by atoms with Crippen molar-refractivity contribution in [2.75, 3.05) is 12.4 Å². The molecule has 1 aliphatic carbocycles. The topological polar surface area (TPSA) is 93.4 Å². The molecule has 4 N–H and O–H groups in total. The number of nitrogens with one attached hydrogen (secondary N) is 2. The van der Waals surface area contributed by atoms with E-state index in [1.165, 1.54) is 16.2 Å². The minimum atomic E-state index is -0.477. The van der Waals surface area contributed by atoms with Gasteiger partial charge in [0.15, 0.2) is 5.11 Å². The third-order valence-electron chi connectivity index (χ3n) is 4.54. The fourth-order valence-electron chi connectivity index (χ4n) is 3.21. The third-order valence-corrected chi connectivity index (χ3v) is 6.57. The van der Waals surface area contributed by atoms with Gasteiger partial charge in [-0.15, -0.1) is 11.3 Å². The van der Waals surface area contributed by atoms with Gasteiger partial charge in [-0.25, -0.2) is 0 Å². The first-order chi connectivity index (χ1) is 13.4. The first-order valence-corrected chi connectivity index (χ1v) is 10.8. The van der Waals surface area contributed by atoms with Gasteiger partial charge in [0.25, 0.3) is 11.8 Å². The highest BCUT2D eigenvalue weighted by atomic mass is 79.9. The van der Waals surface area contributed by atoms with E-state index in [0.717, 1.165) is 37.7 Å². The molecule has 148 valence electrons. The van der Waals surface area contributed by atoms with Crippen LogP contribution in [0.1, 0.15) is 50.4 Å². The van der Waals surface area contributed by atoms with Gasteiger partial charge in [-0.1, -0.05) is 6.42 Å². The molecule has 2 amide bonds. The Morgan fingerprint density at radius 2 is 2.00 bits per heavy atom. The summed E-state index contributed by atoms with van der Waals surface area (Å²) in [4.78, 5) is 25.7. The normalized spacial score (nSPS) is 13.2. The molecule has 0 fully saturated rings. The first-order valence-electron chi connectivity index (χ1n) is 8.81. The van der Waals surface area contributed by atoms with Gasteiger partial charge in [0, 0.05) is 10.4 Å². The van der Waals surface area contributed by atoms with E-state index in [9.17, 15) is 9.59 Å². The Labute approximate surface area is 181 Å². The van der Waals surface area contributed by atoms with E-state index >= 15 is 0 Å². The Morgan fingerprint density at radius 3 is 2.68 bits per heavy atom. The second-order valence-electron chi connectivity index (χ2n) is 6.39. The number of thiocarbonyl (C=S) groups is 1. The van der Waals surface area contributed by atoms with Crippen molar-refractivity contribution < 1.29 is 14.3 Å². The Kier molecular flexibility index (Phi) is 6.69. The molecule has 0 atom stereocenters. The number of thiophene rings is 1. The van der Waals surface area contributed by atoms with Crippen molar-refractivity contribution in [3.05, 3.63) is 44.2 Å². The number of primary amides is 1. The number of anilines is 1. The minimum Gasteiger partial charge on any atom is -0.496 e. The number of amides is 2. The van der Waals surface area contributed by atoms with Crippen LogP contribution in [-0.4, -0.2) is 24.0 Å². The number of aryl methyl sites for hydroxylation is 1. The smallest absolute Gasteiger partial charge is 0.257 e. The maximum atomic E-state index is 12.5. The fourth-order valence-corrected chi connectivity index (χ4v) is 5.31. The van der Waals surface area contributed by atoms with Gasteiger partial charge in [0.2, 0.25) is 0 Å². The van der Waals surface area contributed by atoms with Crippen LogP contribution in [0.2, 0.25) is 0 Å². The van der Waals surface area contributed by atoms with Crippen LogP contribution in [-0.2, 0) is 12.8 Å². The molecule has 9 heteroatoms. The first kappa shape index (κ1) is 20.8. The van der Waals surface area contributed by atoms with Crippen LogP contribution in [0, 0.1) is 0 Å². The molecule has 1 aromatic heterocycles. The average Bonchev–Trinajstić information content (AvgIpc) is 2.82. The molecule has 6 nitrogen and oxygen atoms in total. The summed E-state index contributed by atoms with van der Waals surface area (Å²) in [5.74, 6) is -0.210. The average molecular weight is 482 g/mol. The number of carbonyl (C=O) groups excluding carboxylic acids is 2. The standard InChI is InChI=1S/C19H20BrN3O3S2/c1-26-13-8-7-10(9-12(13)20)17(25)22-19(27)23-18-15(16(21)24)11-5-3-2-4-6-14(11)28-18/h7-9H,2-6H2,1H3,(H2,21,24)(H2,22,23,25,27). The zero-order chi connectivity index (χ0) is 20.3. The molecule has 0 saturated heterocycles. The van der Waals surface area contributed by atoms with Crippen LogP contribution in [0.3, 0.4) is 0 Å². The number of hydrogen-bond donors (Lipinski definition) is 3. The van der Waals surface area contributed by atoms with Gasteiger partial charge in [-0.05, 0) is 77.6 Å². The van der Waals surface area contributed by atoms with Crippen molar-refractivity contribution in [3.63, 3.8) is 0 Å². The highest BCUT2D eigenvalue weighted by Crippen LogP contribution is 2.37. The summed E-state index contributed by atoms with van der Waals surface area (Å²) in [6.45, 7) is 0. The third kappa shape index (κ3) is 4.53. The molecule has 0 bridgehead atoms. The van der Waals surface area contributed by atoms with Crippen molar-refractivity contribution in [1.29, 1.82) is 0 Å². The van der Waals surface area contributed by atoms with Crippen LogP contribution >= 0.6 is 39.5 Å². The van der Waals surface area contributed by atoms with Crippen molar-refractivity contribution in [2.45, 2.75) is 32.1 Å². The van der Waals surface area contributed by atoms with Crippen LogP contribution < -0.4 is 21.1 Å². The molecule has 2 aromatic rings.